The topological polar surface area (TPSA) is 79.3 Å². The standard InChI is InChI=1S/C20H26N2O3S/c1-4-14-5-7-15(8-6-14)19-22-17(12-26-19)10-18(23)21-11-16(20(24)25)9-13(2)3/h5-8,12-13,16H,4,9-11H2,1-3H3,(H,21,23)(H,24,25). The number of rotatable bonds is 9. The molecule has 0 saturated heterocycles. The first-order chi connectivity index (χ1) is 12.4. The quantitative estimate of drug-likeness (QED) is 0.700. The molecular formula is C20H26N2O3S. The van der Waals surface area contributed by atoms with E-state index in [2.05, 4.69) is 29.4 Å². The smallest absolute Gasteiger partial charge is 0.308 e. The second kappa shape index (κ2) is 9.48. The second-order valence-electron chi connectivity index (χ2n) is 6.84. The summed E-state index contributed by atoms with van der Waals surface area (Å²) in [6.45, 7) is 6.22. The molecule has 0 bridgehead atoms. The van der Waals surface area contributed by atoms with Crippen LogP contribution >= 0.6 is 11.3 Å². The van der Waals surface area contributed by atoms with Crippen LogP contribution < -0.4 is 5.32 Å². The molecule has 0 radical (unpaired) electrons. The Morgan fingerprint density at radius 1 is 1.23 bits per heavy atom. The van der Waals surface area contributed by atoms with Crippen LogP contribution in [0.5, 0.6) is 0 Å². The Morgan fingerprint density at radius 2 is 1.92 bits per heavy atom. The molecule has 1 amide bonds. The minimum absolute atomic E-state index is 0.155. The summed E-state index contributed by atoms with van der Waals surface area (Å²) in [5.41, 5.74) is 3.03. The Kier molecular flexibility index (Phi) is 7.33. The van der Waals surface area contributed by atoms with Crippen LogP contribution in [0.15, 0.2) is 29.6 Å². The molecule has 2 rings (SSSR count). The van der Waals surface area contributed by atoms with Gasteiger partial charge in [0.2, 0.25) is 5.91 Å². The number of nitrogens with one attached hydrogen (secondary N) is 1. The molecule has 2 aromatic rings. The predicted octanol–water partition coefficient (Wildman–Crippen LogP) is 3.78. The van der Waals surface area contributed by atoms with Crippen molar-refractivity contribution in [2.45, 2.75) is 40.0 Å². The van der Waals surface area contributed by atoms with Crippen LogP contribution in [-0.4, -0.2) is 28.5 Å². The van der Waals surface area contributed by atoms with Gasteiger partial charge in [-0.25, -0.2) is 4.98 Å². The number of hydrogen-bond donors (Lipinski definition) is 2. The largest absolute Gasteiger partial charge is 0.481 e. The summed E-state index contributed by atoms with van der Waals surface area (Å²) in [5.74, 6) is -1.35. The van der Waals surface area contributed by atoms with Gasteiger partial charge in [-0.15, -0.1) is 11.3 Å². The summed E-state index contributed by atoms with van der Waals surface area (Å²) in [4.78, 5) is 27.9. The van der Waals surface area contributed by atoms with Gasteiger partial charge in [0.15, 0.2) is 0 Å². The van der Waals surface area contributed by atoms with Crippen molar-refractivity contribution in [3.63, 3.8) is 0 Å². The van der Waals surface area contributed by atoms with E-state index in [4.69, 9.17) is 0 Å². The summed E-state index contributed by atoms with van der Waals surface area (Å²) >= 11 is 1.51. The number of carbonyl (C=O) groups is 2. The number of carbonyl (C=O) groups excluding carboxylic acids is 1. The highest BCUT2D eigenvalue weighted by molar-refractivity contribution is 7.13. The Labute approximate surface area is 158 Å². The Bertz CT molecular complexity index is 738. The van der Waals surface area contributed by atoms with Gasteiger partial charge in [-0.2, -0.15) is 0 Å². The number of carboxylic acid groups (broad SMARTS) is 1. The van der Waals surface area contributed by atoms with E-state index in [1.165, 1.54) is 16.9 Å². The lowest BCUT2D eigenvalue weighted by Crippen LogP contribution is -2.34. The lowest BCUT2D eigenvalue weighted by molar-refractivity contribution is -0.142. The summed E-state index contributed by atoms with van der Waals surface area (Å²) < 4.78 is 0. The number of amides is 1. The fraction of sp³-hybridized carbons (Fsp3) is 0.450. The molecule has 0 aliphatic rings. The average molecular weight is 375 g/mol. The zero-order chi connectivity index (χ0) is 19.1. The van der Waals surface area contributed by atoms with Crippen molar-refractivity contribution in [1.29, 1.82) is 0 Å². The third-order valence-corrected chi connectivity index (χ3v) is 5.09. The van der Waals surface area contributed by atoms with Gasteiger partial charge in [0.1, 0.15) is 5.01 Å². The maximum absolute atomic E-state index is 12.1. The van der Waals surface area contributed by atoms with Crippen LogP contribution in [-0.2, 0) is 22.4 Å². The zero-order valence-corrected chi connectivity index (χ0v) is 16.3. The van der Waals surface area contributed by atoms with E-state index >= 15 is 0 Å². The molecule has 1 atom stereocenters. The number of benzene rings is 1. The molecule has 0 aliphatic heterocycles. The van der Waals surface area contributed by atoms with Gasteiger partial charge in [-0.3, -0.25) is 9.59 Å². The first-order valence-electron chi connectivity index (χ1n) is 8.92. The third kappa shape index (κ3) is 5.95. The average Bonchev–Trinajstić information content (AvgIpc) is 3.06. The summed E-state index contributed by atoms with van der Waals surface area (Å²) in [5, 5.41) is 14.7. The van der Waals surface area contributed by atoms with E-state index in [9.17, 15) is 14.7 Å². The van der Waals surface area contributed by atoms with E-state index in [1.54, 1.807) is 0 Å². The van der Waals surface area contributed by atoms with E-state index in [0.717, 1.165) is 17.0 Å². The molecule has 0 saturated carbocycles. The van der Waals surface area contributed by atoms with Crippen molar-refractivity contribution in [3.05, 3.63) is 40.9 Å². The number of thiazole rings is 1. The van der Waals surface area contributed by atoms with Gasteiger partial charge in [0.25, 0.3) is 0 Å². The summed E-state index contributed by atoms with van der Waals surface area (Å²) in [6.07, 6.45) is 1.71. The third-order valence-electron chi connectivity index (χ3n) is 4.15. The molecule has 1 aromatic heterocycles. The normalized spacial score (nSPS) is 12.2. The van der Waals surface area contributed by atoms with Crippen molar-refractivity contribution < 1.29 is 14.7 Å². The van der Waals surface area contributed by atoms with Crippen LogP contribution in [0.3, 0.4) is 0 Å². The molecule has 0 fully saturated rings. The molecule has 1 aromatic carbocycles. The minimum atomic E-state index is -0.870. The molecule has 5 nitrogen and oxygen atoms in total. The molecule has 0 spiro atoms. The Morgan fingerprint density at radius 3 is 2.50 bits per heavy atom. The SMILES string of the molecule is CCc1ccc(-c2nc(CC(=O)NCC(CC(C)C)C(=O)O)cs2)cc1. The van der Waals surface area contributed by atoms with E-state index in [-0.39, 0.29) is 24.8 Å². The van der Waals surface area contributed by atoms with E-state index in [0.29, 0.717) is 12.1 Å². The van der Waals surface area contributed by atoms with Crippen molar-refractivity contribution in [3.8, 4) is 10.6 Å². The number of aliphatic carboxylic acids is 1. The van der Waals surface area contributed by atoms with Crippen molar-refractivity contribution in [2.75, 3.05) is 6.54 Å². The van der Waals surface area contributed by atoms with Gasteiger partial charge in [0, 0.05) is 17.5 Å². The minimum Gasteiger partial charge on any atom is -0.481 e. The fourth-order valence-electron chi connectivity index (χ4n) is 2.71. The molecule has 1 heterocycles. The van der Waals surface area contributed by atoms with E-state index < -0.39 is 11.9 Å². The van der Waals surface area contributed by atoms with Crippen LogP contribution in [0.2, 0.25) is 0 Å². The van der Waals surface area contributed by atoms with Crippen LogP contribution in [0.1, 0.15) is 38.4 Å². The maximum atomic E-state index is 12.1. The summed E-state index contributed by atoms with van der Waals surface area (Å²) in [7, 11) is 0. The number of hydrogen-bond acceptors (Lipinski definition) is 4. The maximum Gasteiger partial charge on any atom is 0.308 e. The van der Waals surface area contributed by atoms with Crippen LogP contribution in [0.25, 0.3) is 10.6 Å². The number of aromatic nitrogens is 1. The van der Waals surface area contributed by atoms with Crippen molar-refractivity contribution >= 4 is 23.2 Å². The monoisotopic (exact) mass is 374 g/mol. The molecule has 2 N–H and O–H groups in total. The number of aryl methyl sites for hydroxylation is 1. The molecule has 1 unspecified atom stereocenters. The number of nitrogens with zero attached hydrogens (tertiary/aromatic N) is 1. The Balaban J connectivity index is 1.91. The van der Waals surface area contributed by atoms with Crippen LogP contribution in [0.4, 0.5) is 0 Å². The first-order valence-corrected chi connectivity index (χ1v) is 9.80. The van der Waals surface area contributed by atoms with Gasteiger partial charge in [0.05, 0.1) is 18.0 Å². The van der Waals surface area contributed by atoms with E-state index in [1.807, 2.05) is 31.4 Å². The highest BCUT2D eigenvalue weighted by Gasteiger charge is 2.20. The molecule has 6 heteroatoms. The van der Waals surface area contributed by atoms with Crippen LogP contribution in [0, 0.1) is 11.8 Å². The first kappa shape index (κ1) is 20.1. The zero-order valence-electron chi connectivity index (χ0n) is 15.5. The second-order valence-corrected chi connectivity index (χ2v) is 7.70. The lowest BCUT2D eigenvalue weighted by Gasteiger charge is -2.15. The molecule has 140 valence electrons. The summed E-state index contributed by atoms with van der Waals surface area (Å²) in [6, 6.07) is 8.27. The van der Waals surface area contributed by atoms with Crippen molar-refractivity contribution in [1.82, 2.24) is 10.3 Å². The van der Waals surface area contributed by atoms with Gasteiger partial charge >= 0.3 is 5.97 Å². The van der Waals surface area contributed by atoms with Gasteiger partial charge in [-0.05, 0) is 24.3 Å². The van der Waals surface area contributed by atoms with Gasteiger partial charge in [-0.1, -0.05) is 45.0 Å². The highest BCUT2D eigenvalue weighted by Crippen LogP contribution is 2.24. The molecular weight excluding hydrogens is 348 g/mol. The van der Waals surface area contributed by atoms with Gasteiger partial charge < -0.3 is 10.4 Å². The lowest BCUT2D eigenvalue weighted by atomic mass is 9.97. The number of carboxylic acids is 1. The molecule has 0 aliphatic carbocycles. The molecule has 26 heavy (non-hydrogen) atoms. The Hall–Kier alpha value is -2.21. The predicted molar refractivity (Wildman–Crippen MR) is 104 cm³/mol. The van der Waals surface area contributed by atoms with Crippen molar-refractivity contribution in [2.24, 2.45) is 11.8 Å². The highest BCUT2D eigenvalue weighted by atomic mass is 32.1. The fourth-order valence-corrected chi connectivity index (χ4v) is 3.53.